The minimum Gasteiger partial charge on any atom is -0.494 e. The molecule has 0 radical (unpaired) electrons. The fraction of sp³-hybridized carbons (Fsp3) is 0.316. The number of benzene rings is 2. The summed E-state index contributed by atoms with van der Waals surface area (Å²) in [5, 5.41) is 4.37. The van der Waals surface area contributed by atoms with Crippen molar-refractivity contribution in [2.75, 3.05) is 27.9 Å². The van der Waals surface area contributed by atoms with Crippen molar-refractivity contribution in [3.8, 4) is 23.0 Å². The van der Waals surface area contributed by atoms with E-state index in [4.69, 9.17) is 31.2 Å². The van der Waals surface area contributed by atoms with E-state index >= 15 is 0 Å². The molecule has 27 heavy (non-hydrogen) atoms. The van der Waals surface area contributed by atoms with Gasteiger partial charge in [0.05, 0.1) is 33.2 Å². The Kier molecular flexibility index (Phi) is 5.75. The van der Waals surface area contributed by atoms with E-state index in [-0.39, 0.29) is 6.04 Å². The van der Waals surface area contributed by atoms with Gasteiger partial charge >= 0.3 is 0 Å². The van der Waals surface area contributed by atoms with Crippen LogP contribution in [0, 0.1) is 0 Å². The molecule has 8 heteroatoms. The first-order valence-corrected chi connectivity index (χ1v) is 8.86. The van der Waals surface area contributed by atoms with Gasteiger partial charge in [0.2, 0.25) is 16.8 Å². The van der Waals surface area contributed by atoms with Gasteiger partial charge in [0.25, 0.3) is 0 Å². The van der Waals surface area contributed by atoms with E-state index in [1.807, 2.05) is 43.3 Å². The van der Waals surface area contributed by atoms with Crippen LogP contribution in [0.15, 0.2) is 41.6 Å². The molecule has 1 unspecified atom stereocenters. The maximum Gasteiger partial charge on any atom is 0.239 e. The van der Waals surface area contributed by atoms with Gasteiger partial charge in [0.15, 0.2) is 17.2 Å². The molecule has 0 bridgehead atoms. The molecule has 142 valence electrons. The van der Waals surface area contributed by atoms with Crippen LogP contribution in [0.2, 0.25) is 0 Å². The monoisotopic (exact) mass is 388 g/mol. The average Bonchev–Trinajstić information content (AvgIpc) is 3.09. The summed E-state index contributed by atoms with van der Waals surface area (Å²) >= 11 is 5.49. The lowest BCUT2D eigenvalue weighted by molar-refractivity contribution is -0.533. The Morgan fingerprint density at radius 2 is 1.67 bits per heavy atom. The Hall–Kier alpha value is -2.87. The quantitative estimate of drug-likeness (QED) is 0.575. The Labute approximate surface area is 163 Å². The zero-order valence-electron chi connectivity index (χ0n) is 15.7. The highest BCUT2D eigenvalue weighted by molar-refractivity contribution is 7.80. The number of nitrogens with one attached hydrogen (secondary N) is 1. The van der Waals surface area contributed by atoms with Crippen molar-refractivity contribution < 1.29 is 23.6 Å². The third kappa shape index (κ3) is 3.66. The van der Waals surface area contributed by atoms with Crippen LogP contribution < -0.4 is 24.4 Å². The van der Waals surface area contributed by atoms with Gasteiger partial charge in [0.1, 0.15) is 5.75 Å². The minimum absolute atomic E-state index is 0.251. The molecule has 1 N–H and O–H groups in total. The summed E-state index contributed by atoms with van der Waals surface area (Å²) in [6, 6.07) is 11.2. The molecule has 0 saturated heterocycles. The molecule has 3 rings (SSSR count). The SMILES string of the molecule is CCOc1ccc(C2C(=S)NN=[N+]2c2cc(OC)c(OC)c(OC)c2)cc1. The van der Waals surface area contributed by atoms with Crippen LogP contribution in [0.5, 0.6) is 23.0 Å². The van der Waals surface area contributed by atoms with Gasteiger partial charge in [-0.2, -0.15) is 0 Å². The fourth-order valence-electron chi connectivity index (χ4n) is 2.95. The second-order valence-corrected chi connectivity index (χ2v) is 6.15. The average molecular weight is 388 g/mol. The maximum atomic E-state index is 5.52. The van der Waals surface area contributed by atoms with Gasteiger partial charge in [-0.25, -0.2) is 0 Å². The summed E-state index contributed by atoms with van der Waals surface area (Å²) < 4.78 is 23.6. The first kappa shape index (κ1) is 18.9. The van der Waals surface area contributed by atoms with E-state index in [9.17, 15) is 0 Å². The van der Waals surface area contributed by atoms with Gasteiger partial charge in [0, 0.05) is 17.7 Å². The Bertz CT molecular complexity index is 843. The van der Waals surface area contributed by atoms with Crippen LogP contribution >= 0.6 is 12.2 Å². The van der Waals surface area contributed by atoms with Crippen LogP contribution in [0.3, 0.4) is 0 Å². The van der Waals surface area contributed by atoms with Gasteiger partial charge in [-0.3, -0.25) is 0 Å². The molecule has 7 nitrogen and oxygen atoms in total. The smallest absolute Gasteiger partial charge is 0.239 e. The van der Waals surface area contributed by atoms with E-state index < -0.39 is 0 Å². The minimum atomic E-state index is -0.251. The topological polar surface area (TPSA) is 64.3 Å². The van der Waals surface area contributed by atoms with Crippen molar-refractivity contribution in [2.24, 2.45) is 5.22 Å². The molecule has 1 aliphatic heterocycles. The largest absolute Gasteiger partial charge is 0.494 e. The van der Waals surface area contributed by atoms with Crippen LogP contribution in [0.1, 0.15) is 18.5 Å². The number of thiocarbonyl (C=S) groups is 1. The van der Waals surface area contributed by atoms with E-state index in [1.165, 1.54) is 0 Å². The second-order valence-electron chi connectivity index (χ2n) is 5.71. The van der Waals surface area contributed by atoms with Crippen LogP contribution in [0.4, 0.5) is 5.69 Å². The van der Waals surface area contributed by atoms with E-state index in [0.29, 0.717) is 28.8 Å². The van der Waals surface area contributed by atoms with Crippen molar-refractivity contribution in [3.05, 3.63) is 42.0 Å². The molecular formula is C19H22N3O4S+. The standard InChI is InChI=1S/C19H21N3O4S/c1-5-26-14-8-6-12(7-9-14)17-19(27)20-21-22(17)13-10-15(23-2)18(25-4)16(11-13)24-3/h6-11,17H,5H2,1-4H3/p+1. The number of hydrogen-bond donors (Lipinski definition) is 1. The highest BCUT2D eigenvalue weighted by Gasteiger charge is 2.37. The molecular weight excluding hydrogens is 366 g/mol. The van der Waals surface area contributed by atoms with Gasteiger partial charge in [-0.1, -0.05) is 12.1 Å². The number of methoxy groups -OCH3 is 3. The molecule has 0 saturated carbocycles. The summed E-state index contributed by atoms with van der Waals surface area (Å²) in [7, 11) is 4.73. The molecule has 0 aromatic heterocycles. The fourth-order valence-corrected chi connectivity index (χ4v) is 3.22. The van der Waals surface area contributed by atoms with Crippen molar-refractivity contribution in [2.45, 2.75) is 13.0 Å². The summed E-state index contributed by atoms with van der Waals surface area (Å²) in [6.07, 6.45) is 0. The third-order valence-corrected chi connectivity index (χ3v) is 4.50. The lowest BCUT2D eigenvalue weighted by atomic mass is 10.1. The number of ether oxygens (including phenoxy) is 4. The number of hydrogen-bond acceptors (Lipinski definition) is 6. The van der Waals surface area contributed by atoms with Crippen molar-refractivity contribution in [1.82, 2.24) is 5.43 Å². The first-order chi connectivity index (χ1) is 13.1. The van der Waals surface area contributed by atoms with Gasteiger partial charge in [-0.05, 0) is 31.3 Å². The molecule has 0 fully saturated rings. The van der Waals surface area contributed by atoms with Crippen LogP contribution in [0.25, 0.3) is 0 Å². The summed E-state index contributed by atoms with van der Waals surface area (Å²) in [6.45, 7) is 2.57. The molecule has 0 amide bonds. The summed E-state index contributed by atoms with van der Waals surface area (Å²) in [5.41, 5.74) is 4.65. The first-order valence-electron chi connectivity index (χ1n) is 8.45. The molecule has 2 aromatic rings. The molecule has 1 aliphatic rings. The second kappa shape index (κ2) is 8.22. The molecule has 1 atom stereocenters. The third-order valence-electron chi connectivity index (χ3n) is 4.18. The lowest BCUT2D eigenvalue weighted by Gasteiger charge is -2.15. The van der Waals surface area contributed by atoms with Crippen LogP contribution in [-0.2, 0) is 0 Å². The van der Waals surface area contributed by atoms with E-state index in [0.717, 1.165) is 17.0 Å². The predicted molar refractivity (Wildman–Crippen MR) is 105 cm³/mol. The van der Waals surface area contributed by atoms with Crippen molar-refractivity contribution >= 4 is 22.9 Å². The number of nitrogens with zero attached hydrogens (tertiary/aromatic N) is 2. The number of rotatable bonds is 7. The highest BCUT2D eigenvalue weighted by atomic mass is 32.1. The molecule has 0 spiro atoms. The van der Waals surface area contributed by atoms with Gasteiger partial charge in [-0.15, -0.1) is 10.1 Å². The molecule has 1 heterocycles. The lowest BCUT2D eigenvalue weighted by Crippen LogP contribution is -2.19. The molecule has 0 aliphatic carbocycles. The Morgan fingerprint density at radius 1 is 1.04 bits per heavy atom. The van der Waals surface area contributed by atoms with E-state index in [2.05, 4.69) is 10.6 Å². The van der Waals surface area contributed by atoms with Crippen molar-refractivity contribution in [3.63, 3.8) is 0 Å². The molecule has 2 aromatic carbocycles. The zero-order chi connectivity index (χ0) is 19.4. The van der Waals surface area contributed by atoms with E-state index in [1.54, 1.807) is 26.0 Å². The summed E-state index contributed by atoms with van der Waals surface area (Å²) in [5.74, 6) is 2.43. The Balaban J connectivity index is 2.01. The Morgan fingerprint density at radius 3 is 2.19 bits per heavy atom. The maximum absolute atomic E-state index is 5.52. The van der Waals surface area contributed by atoms with Crippen LogP contribution in [-0.4, -0.2) is 37.6 Å². The highest BCUT2D eigenvalue weighted by Crippen LogP contribution is 2.43. The predicted octanol–water partition coefficient (Wildman–Crippen LogP) is 3.79. The van der Waals surface area contributed by atoms with Crippen molar-refractivity contribution in [1.29, 1.82) is 0 Å². The zero-order valence-corrected chi connectivity index (χ0v) is 16.5. The van der Waals surface area contributed by atoms with Gasteiger partial charge < -0.3 is 18.9 Å². The normalized spacial score (nSPS) is 15.8. The summed E-state index contributed by atoms with van der Waals surface area (Å²) in [4.78, 5) is 0.605.